The van der Waals surface area contributed by atoms with Gasteiger partial charge in [0.1, 0.15) is 12.4 Å². The molecule has 1 fully saturated rings. The maximum Gasteiger partial charge on any atom is 0.250 e. The molecule has 19 heavy (non-hydrogen) atoms. The lowest BCUT2D eigenvalue weighted by Crippen LogP contribution is -2.53. The largest absolute Gasteiger partial charge is 0.490 e. The highest BCUT2D eigenvalue weighted by Gasteiger charge is 2.56. The molecule has 0 spiro atoms. The highest BCUT2D eigenvalue weighted by atomic mass is 19.3. The Morgan fingerprint density at radius 2 is 2.11 bits per heavy atom. The molecule has 5 heteroatoms. The molecule has 0 aromatic heterocycles. The first-order valence-corrected chi connectivity index (χ1v) is 6.52. The third-order valence-electron chi connectivity index (χ3n) is 4.25. The summed E-state index contributed by atoms with van der Waals surface area (Å²) in [7, 11) is 1.98. The van der Waals surface area contributed by atoms with E-state index in [-0.39, 0.29) is 19.4 Å². The number of fused-ring (bicyclic) bond motifs is 1. The van der Waals surface area contributed by atoms with Crippen LogP contribution in [0.5, 0.6) is 5.75 Å². The fraction of sp³-hybridized carbons (Fsp3) is 0.571. The Morgan fingerprint density at radius 3 is 2.74 bits per heavy atom. The second kappa shape index (κ2) is 4.07. The fourth-order valence-electron chi connectivity index (χ4n) is 3.09. The molecule has 1 heterocycles. The summed E-state index contributed by atoms with van der Waals surface area (Å²) in [6.45, 7) is 1.72. The minimum Gasteiger partial charge on any atom is -0.490 e. The van der Waals surface area contributed by atoms with Crippen molar-refractivity contribution < 1.29 is 13.5 Å². The van der Waals surface area contributed by atoms with E-state index in [4.69, 9.17) is 10.5 Å². The summed E-state index contributed by atoms with van der Waals surface area (Å²) >= 11 is 0. The average molecular weight is 268 g/mol. The van der Waals surface area contributed by atoms with Crippen molar-refractivity contribution in [3.63, 3.8) is 0 Å². The van der Waals surface area contributed by atoms with Gasteiger partial charge < -0.3 is 15.4 Å². The maximum atomic E-state index is 13.2. The summed E-state index contributed by atoms with van der Waals surface area (Å²) in [6, 6.07) is 5.70. The lowest BCUT2D eigenvalue weighted by Gasteiger charge is -2.47. The highest BCUT2D eigenvalue weighted by molar-refractivity contribution is 5.62. The first-order chi connectivity index (χ1) is 8.96. The molecule has 0 atom stereocenters. The van der Waals surface area contributed by atoms with Gasteiger partial charge in [-0.05, 0) is 17.7 Å². The van der Waals surface area contributed by atoms with Gasteiger partial charge in [0.25, 0.3) is 0 Å². The molecular weight excluding hydrogens is 250 g/mol. The second-order valence-electron chi connectivity index (χ2n) is 5.65. The predicted molar refractivity (Wildman–Crippen MR) is 70.1 cm³/mol. The summed E-state index contributed by atoms with van der Waals surface area (Å²) in [5, 5.41) is 0. The minimum atomic E-state index is -2.57. The summed E-state index contributed by atoms with van der Waals surface area (Å²) in [5.74, 6) is -1.76. The minimum absolute atomic E-state index is 0.153. The quantitative estimate of drug-likeness (QED) is 0.893. The molecule has 2 aliphatic rings. The van der Waals surface area contributed by atoms with E-state index in [0.29, 0.717) is 6.61 Å². The van der Waals surface area contributed by atoms with Crippen molar-refractivity contribution in [3.8, 4) is 5.75 Å². The van der Waals surface area contributed by atoms with E-state index in [0.717, 1.165) is 23.5 Å². The Bertz CT molecular complexity index is 496. The van der Waals surface area contributed by atoms with Crippen LogP contribution in [0.2, 0.25) is 0 Å². The van der Waals surface area contributed by atoms with E-state index in [1.54, 1.807) is 0 Å². The van der Waals surface area contributed by atoms with E-state index >= 15 is 0 Å². The number of rotatable bonds is 2. The normalized spacial score (nSPS) is 23.3. The van der Waals surface area contributed by atoms with E-state index in [2.05, 4.69) is 4.90 Å². The molecule has 1 saturated carbocycles. The van der Waals surface area contributed by atoms with Crippen molar-refractivity contribution in [2.75, 3.05) is 31.6 Å². The number of alkyl halides is 2. The van der Waals surface area contributed by atoms with Gasteiger partial charge >= 0.3 is 0 Å². The zero-order chi connectivity index (χ0) is 13.7. The number of hydrogen-bond donors (Lipinski definition) is 1. The second-order valence-corrected chi connectivity index (χ2v) is 5.65. The van der Waals surface area contributed by atoms with Crippen LogP contribution in [0.1, 0.15) is 18.4 Å². The third-order valence-corrected chi connectivity index (χ3v) is 4.25. The molecule has 3 rings (SSSR count). The highest BCUT2D eigenvalue weighted by Crippen LogP contribution is 2.53. The van der Waals surface area contributed by atoms with E-state index in [9.17, 15) is 8.78 Å². The van der Waals surface area contributed by atoms with Crippen molar-refractivity contribution in [2.45, 2.75) is 24.2 Å². The topological polar surface area (TPSA) is 38.5 Å². The lowest BCUT2D eigenvalue weighted by atomic mass is 9.62. The molecule has 1 aromatic rings. The van der Waals surface area contributed by atoms with Crippen LogP contribution in [0.4, 0.5) is 14.5 Å². The molecule has 0 amide bonds. The van der Waals surface area contributed by atoms with Crippen molar-refractivity contribution in [1.29, 1.82) is 0 Å². The van der Waals surface area contributed by atoms with Gasteiger partial charge in [0.05, 0.1) is 12.2 Å². The number of nitrogens with zero attached hydrogens (tertiary/aromatic N) is 1. The Balaban J connectivity index is 1.96. The Hall–Kier alpha value is -1.36. The van der Waals surface area contributed by atoms with E-state index in [1.807, 2.05) is 25.2 Å². The van der Waals surface area contributed by atoms with Crippen molar-refractivity contribution in [3.05, 3.63) is 23.8 Å². The van der Waals surface area contributed by atoms with Crippen molar-refractivity contribution in [2.24, 2.45) is 5.73 Å². The number of likely N-dealkylation sites (N-methyl/N-ethyl adjacent to an activating group) is 1. The first-order valence-electron chi connectivity index (χ1n) is 6.52. The molecule has 0 saturated heterocycles. The zero-order valence-electron chi connectivity index (χ0n) is 11.0. The summed E-state index contributed by atoms with van der Waals surface area (Å²) < 4.78 is 32.0. The SMILES string of the molecule is CN1CCOc2ccc(C3(CN)CC(F)(F)C3)cc21. The van der Waals surface area contributed by atoms with Crippen LogP contribution >= 0.6 is 0 Å². The molecule has 0 radical (unpaired) electrons. The van der Waals surface area contributed by atoms with Gasteiger partial charge in [-0.25, -0.2) is 8.78 Å². The predicted octanol–water partition coefficient (Wildman–Crippen LogP) is 2.14. The van der Waals surface area contributed by atoms with Crippen molar-refractivity contribution >= 4 is 5.69 Å². The van der Waals surface area contributed by atoms with E-state index in [1.165, 1.54) is 0 Å². The van der Waals surface area contributed by atoms with Crippen LogP contribution in [0.3, 0.4) is 0 Å². The van der Waals surface area contributed by atoms with Crippen LogP contribution in [0, 0.1) is 0 Å². The van der Waals surface area contributed by atoms with Gasteiger partial charge in [0.15, 0.2) is 0 Å². The van der Waals surface area contributed by atoms with Crippen LogP contribution in [0.25, 0.3) is 0 Å². The summed E-state index contributed by atoms with van der Waals surface area (Å²) in [4.78, 5) is 2.09. The monoisotopic (exact) mass is 268 g/mol. The molecule has 0 bridgehead atoms. The number of anilines is 1. The maximum absolute atomic E-state index is 13.2. The van der Waals surface area contributed by atoms with Gasteiger partial charge in [-0.3, -0.25) is 0 Å². The molecule has 3 nitrogen and oxygen atoms in total. The number of hydrogen-bond acceptors (Lipinski definition) is 3. The molecule has 0 unspecified atom stereocenters. The van der Waals surface area contributed by atoms with Crippen LogP contribution < -0.4 is 15.4 Å². The number of nitrogens with two attached hydrogens (primary N) is 1. The summed E-state index contributed by atoms with van der Waals surface area (Å²) in [6.07, 6.45) is -0.306. The van der Waals surface area contributed by atoms with Gasteiger partial charge in [-0.15, -0.1) is 0 Å². The Kier molecular flexibility index (Phi) is 2.71. The van der Waals surface area contributed by atoms with Gasteiger partial charge in [-0.2, -0.15) is 0 Å². The fourth-order valence-corrected chi connectivity index (χ4v) is 3.09. The number of benzene rings is 1. The molecule has 104 valence electrons. The van der Waals surface area contributed by atoms with Gasteiger partial charge in [0.2, 0.25) is 5.92 Å². The van der Waals surface area contributed by atoms with Crippen LogP contribution in [-0.4, -0.2) is 32.7 Å². The van der Waals surface area contributed by atoms with Crippen molar-refractivity contribution in [1.82, 2.24) is 0 Å². The Morgan fingerprint density at radius 1 is 1.37 bits per heavy atom. The Labute approximate surface area is 111 Å². The molecule has 1 aromatic carbocycles. The molecular formula is C14H18F2N2O. The average Bonchev–Trinajstić information content (AvgIpc) is 2.35. The number of ether oxygens (including phenoxy) is 1. The first kappa shape index (κ1) is 12.7. The van der Waals surface area contributed by atoms with Crippen LogP contribution in [-0.2, 0) is 5.41 Å². The number of halogens is 2. The molecule has 1 aliphatic carbocycles. The standard InChI is InChI=1S/C14H18F2N2O/c1-18-4-5-19-12-3-2-10(6-11(12)18)13(9-17)7-14(15,16)8-13/h2-3,6H,4-5,7-9,17H2,1H3. The lowest BCUT2D eigenvalue weighted by molar-refractivity contribution is -0.123. The van der Waals surface area contributed by atoms with Gasteiger partial charge in [0, 0.05) is 31.8 Å². The zero-order valence-corrected chi connectivity index (χ0v) is 11.0. The van der Waals surface area contributed by atoms with Gasteiger partial charge in [-0.1, -0.05) is 6.07 Å². The third kappa shape index (κ3) is 1.96. The molecule has 1 aliphatic heterocycles. The smallest absolute Gasteiger partial charge is 0.250 e. The molecule has 2 N–H and O–H groups in total. The summed E-state index contributed by atoms with van der Waals surface area (Å²) in [5.41, 5.74) is 7.05. The van der Waals surface area contributed by atoms with E-state index < -0.39 is 11.3 Å². The van der Waals surface area contributed by atoms with Crippen LogP contribution in [0.15, 0.2) is 18.2 Å².